The van der Waals surface area contributed by atoms with Crippen LogP contribution < -0.4 is 10.6 Å². The van der Waals surface area contributed by atoms with Crippen LogP contribution in [0, 0.1) is 0 Å². The minimum Gasteiger partial charge on any atom is -0.376 e. The third kappa shape index (κ3) is 1.36. The molecule has 2 heterocycles. The van der Waals surface area contributed by atoms with Crippen LogP contribution in [0.25, 0.3) is 0 Å². The molecule has 2 unspecified atom stereocenters. The van der Waals surface area contributed by atoms with Crippen molar-refractivity contribution in [3.8, 4) is 0 Å². The summed E-state index contributed by atoms with van der Waals surface area (Å²) in [6.45, 7) is 2.93. The zero-order chi connectivity index (χ0) is 10.2. The van der Waals surface area contributed by atoms with Gasteiger partial charge in [-0.3, -0.25) is 10.1 Å². The van der Waals surface area contributed by atoms with Crippen LogP contribution in [-0.4, -0.2) is 43.4 Å². The normalized spacial score (nSPS) is 37.9. The number of ether oxygens (including phenoxy) is 2. The summed E-state index contributed by atoms with van der Waals surface area (Å²) in [5.74, 6) is -0.363. The number of hydrogen-bond acceptors (Lipinski definition) is 4. The predicted octanol–water partition coefficient (Wildman–Crippen LogP) is -1.00. The lowest BCUT2D eigenvalue weighted by molar-refractivity contribution is -0.144. The molecule has 2 fully saturated rings. The Morgan fingerprint density at radius 1 is 1.43 bits per heavy atom. The largest absolute Gasteiger partial charge is 0.376 e. The Labute approximate surface area is 80.9 Å². The van der Waals surface area contributed by atoms with Crippen molar-refractivity contribution in [2.24, 2.45) is 0 Å². The van der Waals surface area contributed by atoms with Crippen molar-refractivity contribution in [3.63, 3.8) is 0 Å². The van der Waals surface area contributed by atoms with E-state index in [2.05, 4.69) is 10.6 Å². The van der Waals surface area contributed by atoms with Crippen molar-refractivity contribution in [3.05, 3.63) is 0 Å². The first kappa shape index (κ1) is 9.42. The van der Waals surface area contributed by atoms with E-state index in [1.54, 1.807) is 6.92 Å². The Kier molecular flexibility index (Phi) is 2.16. The monoisotopic (exact) mass is 200 g/mol. The first-order chi connectivity index (χ1) is 6.63. The van der Waals surface area contributed by atoms with Crippen LogP contribution in [0.4, 0.5) is 4.79 Å². The molecular weight excluding hydrogens is 188 g/mol. The van der Waals surface area contributed by atoms with Crippen molar-refractivity contribution in [1.82, 2.24) is 10.6 Å². The van der Waals surface area contributed by atoms with Crippen molar-refractivity contribution >= 4 is 11.9 Å². The molecule has 6 heteroatoms. The van der Waals surface area contributed by atoms with Crippen LogP contribution in [0.15, 0.2) is 0 Å². The Morgan fingerprint density at radius 3 is 2.71 bits per heavy atom. The Hall–Kier alpha value is -1.14. The lowest BCUT2D eigenvalue weighted by Gasteiger charge is -2.33. The highest BCUT2D eigenvalue weighted by molar-refractivity contribution is 6.07. The van der Waals surface area contributed by atoms with Crippen LogP contribution in [-0.2, 0) is 14.3 Å². The van der Waals surface area contributed by atoms with Gasteiger partial charge in [0.15, 0.2) is 0 Å². The average molecular weight is 200 g/mol. The predicted molar refractivity (Wildman–Crippen MR) is 45.6 cm³/mol. The van der Waals surface area contributed by atoms with E-state index in [9.17, 15) is 9.59 Å². The van der Waals surface area contributed by atoms with E-state index in [1.807, 2.05) is 0 Å². The highest BCUT2D eigenvalue weighted by Crippen LogP contribution is 2.20. The molecule has 2 atom stereocenters. The Bertz CT molecular complexity index is 275. The lowest BCUT2D eigenvalue weighted by atomic mass is 9.95. The van der Waals surface area contributed by atoms with Gasteiger partial charge < -0.3 is 14.8 Å². The standard InChI is InChI=1S/C8H12N2O4/c1-8(5-4-13-2-3-14-5)6(11)9-7(12)10-8/h5H,2-4H2,1H3,(H2,9,10,11,12). The quantitative estimate of drug-likeness (QED) is 0.532. The molecule has 2 aliphatic heterocycles. The molecule has 3 amide bonds. The van der Waals surface area contributed by atoms with Gasteiger partial charge in [0.05, 0.1) is 19.8 Å². The number of imide groups is 1. The second-order valence-electron chi connectivity index (χ2n) is 3.54. The van der Waals surface area contributed by atoms with Gasteiger partial charge >= 0.3 is 6.03 Å². The zero-order valence-electron chi connectivity index (χ0n) is 7.83. The molecule has 0 aliphatic carbocycles. The maximum atomic E-state index is 11.5. The van der Waals surface area contributed by atoms with E-state index in [1.165, 1.54) is 0 Å². The van der Waals surface area contributed by atoms with Crippen molar-refractivity contribution in [2.45, 2.75) is 18.6 Å². The van der Waals surface area contributed by atoms with Crippen LogP contribution in [0.1, 0.15) is 6.92 Å². The number of carbonyl (C=O) groups is 2. The third-order valence-electron chi connectivity index (χ3n) is 2.53. The molecule has 0 bridgehead atoms. The van der Waals surface area contributed by atoms with Gasteiger partial charge in [-0.05, 0) is 6.92 Å². The minimum atomic E-state index is -1.00. The summed E-state index contributed by atoms with van der Waals surface area (Å²) in [6.07, 6.45) is -0.414. The summed E-state index contributed by atoms with van der Waals surface area (Å²) in [7, 11) is 0. The van der Waals surface area contributed by atoms with Gasteiger partial charge in [0.1, 0.15) is 11.6 Å². The number of amides is 3. The summed E-state index contributed by atoms with van der Waals surface area (Å²) in [5, 5.41) is 4.73. The third-order valence-corrected chi connectivity index (χ3v) is 2.53. The molecule has 0 spiro atoms. The molecule has 2 N–H and O–H groups in total. The summed E-state index contributed by atoms with van der Waals surface area (Å²) in [4.78, 5) is 22.4. The second kappa shape index (κ2) is 3.21. The number of nitrogens with one attached hydrogen (secondary N) is 2. The molecule has 6 nitrogen and oxygen atoms in total. The summed E-state index contributed by atoms with van der Waals surface area (Å²) in [6, 6.07) is -0.480. The van der Waals surface area contributed by atoms with Gasteiger partial charge in [-0.25, -0.2) is 4.79 Å². The fraction of sp³-hybridized carbons (Fsp3) is 0.750. The van der Waals surface area contributed by atoms with Crippen molar-refractivity contribution < 1.29 is 19.1 Å². The van der Waals surface area contributed by atoms with Gasteiger partial charge in [0.25, 0.3) is 5.91 Å². The SMILES string of the molecule is CC1(C2COCCO2)NC(=O)NC1=O. The first-order valence-electron chi connectivity index (χ1n) is 4.46. The van der Waals surface area contributed by atoms with Crippen LogP contribution >= 0.6 is 0 Å². The number of urea groups is 1. The smallest absolute Gasteiger partial charge is 0.322 e. The summed E-state index contributed by atoms with van der Waals surface area (Å²) >= 11 is 0. The van der Waals surface area contributed by atoms with E-state index in [0.29, 0.717) is 19.8 Å². The number of carbonyl (C=O) groups excluding carboxylic acids is 2. The van der Waals surface area contributed by atoms with E-state index in [-0.39, 0.29) is 5.91 Å². The van der Waals surface area contributed by atoms with Crippen LogP contribution in [0.5, 0.6) is 0 Å². The maximum absolute atomic E-state index is 11.5. The molecule has 14 heavy (non-hydrogen) atoms. The fourth-order valence-corrected chi connectivity index (χ4v) is 1.60. The Morgan fingerprint density at radius 2 is 2.21 bits per heavy atom. The molecule has 2 rings (SSSR count). The molecular formula is C8H12N2O4. The topological polar surface area (TPSA) is 76.7 Å². The van der Waals surface area contributed by atoms with Gasteiger partial charge in [-0.2, -0.15) is 0 Å². The van der Waals surface area contributed by atoms with E-state index >= 15 is 0 Å². The van der Waals surface area contributed by atoms with Crippen molar-refractivity contribution in [1.29, 1.82) is 0 Å². The molecule has 0 aromatic heterocycles. The molecule has 2 saturated heterocycles. The molecule has 2 aliphatic rings. The highest BCUT2D eigenvalue weighted by Gasteiger charge is 2.49. The summed E-state index contributed by atoms with van der Waals surface area (Å²) in [5.41, 5.74) is -1.00. The van der Waals surface area contributed by atoms with Gasteiger partial charge in [0, 0.05) is 0 Å². The van der Waals surface area contributed by atoms with Gasteiger partial charge in [-0.15, -0.1) is 0 Å². The minimum absolute atomic E-state index is 0.324. The molecule has 0 saturated carbocycles. The molecule has 78 valence electrons. The first-order valence-corrected chi connectivity index (χ1v) is 4.46. The zero-order valence-corrected chi connectivity index (χ0v) is 7.83. The molecule has 0 aromatic carbocycles. The van der Waals surface area contributed by atoms with E-state index in [0.717, 1.165) is 0 Å². The molecule has 0 aromatic rings. The van der Waals surface area contributed by atoms with Crippen LogP contribution in [0.3, 0.4) is 0 Å². The van der Waals surface area contributed by atoms with Gasteiger partial charge in [-0.1, -0.05) is 0 Å². The fourth-order valence-electron chi connectivity index (χ4n) is 1.60. The van der Waals surface area contributed by atoms with Gasteiger partial charge in [0.2, 0.25) is 0 Å². The van der Waals surface area contributed by atoms with Crippen molar-refractivity contribution in [2.75, 3.05) is 19.8 Å². The van der Waals surface area contributed by atoms with E-state index in [4.69, 9.17) is 9.47 Å². The number of hydrogen-bond donors (Lipinski definition) is 2. The molecule has 0 radical (unpaired) electrons. The maximum Gasteiger partial charge on any atom is 0.322 e. The highest BCUT2D eigenvalue weighted by atomic mass is 16.6. The van der Waals surface area contributed by atoms with Crippen LogP contribution in [0.2, 0.25) is 0 Å². The Balaban J connectivity index is 2.14. The second-order valence-corrected chi connectivity index (χ2v) is 3.54. The van der Waals surface area contributed by atoms with E-state index < -0.39 is 17.7 Å². The lowest BCUT2D eigenvalue weighted by Crippen LogP contribution is -2.58. The summed E-state index contributed by atoms with van der Waals surface area (Å²) < 4.78 is 10.6. The number of rotatable bonds is 1. The average Bonchev–Trinajstić information content (AvgIpc) is 2.43.